The second kappa shape index (κ2) is 8.32. The van der Waals surface area contributed by atoms with Crippen molar-refractivity contribution in [1.29, 1.82) is 0 Å². The zero-order chi connectivity index (χ0) is 25.5. The molecule has 16 heteroatoms. The van der Waals surface area contributed by atoms with Crippen molar-refractivity contribution in [2.45, 2.75) is 11.1 Å². The number of hydrogen-bond donors (Lipinski definition) is 3. The Morgan fingerprint density at radius 1 is 1.14 bits per heavy atom. The van der Waals surface area contributed by atoms with E-state index in [1.54, 1.807) is 4.83 Å². The molecule has 4 rings (SSSR count). The molecule has 0 bridgehead atoms. The highest BCUT2D eigenvalue weighted by atomic mass is 32.2. The second-order valence-electron chi connectivity index (χ2n) is 6.88. The van der Waals surface area contributed by atoms with Crippen molar-refractivity contribution in [2.24, 2.45) is 0 Å². The largest absolute Gasteiger partial charge is 0.512 e. The molecule has 0 aliphatic carbocycles. The predicted octanol–water partition coefficient (Wildman–Crippen LogP) is 1.88. The molecule has 0 amide bonds. The lowest BCUT2D eigenvalue weighted by Gasteiger charge is -2.15. The maximum atomic E-state index is 13.7. The van der Waals surface area contributed by atoms with E-state index < -0.39 is 61.6 Å². The summed E-state index contributed by atoms with van der Waals surface area (Å²) in [5, 5.41) is 8.17. The molecule has 0 atom stereocenters. The first-order valence-electron chi connectivity index (χ1n) is 9.30. The lowest BCUT2D eigenvalue weighted by Crippen LogP contribution is -2.43. The maximum absolute atomic E-state index is 13.7. The van der Waals surface area contributed by atoms with Gasteiger partial charge in [-0.15, -0.1) is 0 Å². The molecule has 0 unspecified atom stereocenters. The molecular weight excluding hydrogens is 499 g/mol. The Balaban J connectivity index is 1.91. The molecular formula is C19H12F3N5O7S. The third-order valence-electron chi connectivity index (χ3n) is 4.61. The number of carboxylic acid groups (broad SMARTS) is 1. The zero-order valence-corrected chi connectivity index (χ0v) is 17.8. The van der Waals surface area contributed by atoms with Crippen molar-refractivity contribution in [2.75, 3.05) is 4.83 Å². The third-order valence-corrected chi connectivity index (χ3v) is 5.93. The van der Waals surface area contributed by atoms with Gasteiger partial charge < -0.3 is 19.4 Å². The monoisotopic (exact) mass is 511 g/mol. The normalized spacial score (nSPS) is 12.0. The fourth-order valence-electron chi connectivity index (χ4n) is 3.13. The maximum Gasteiger partial charge on any atom is 0.512 e. The van der Waals surface area contributed by atoms with Crippen molar-refractivity contribution in [1.82, 2.24) is 19.2 Å². The minimum Gasteiger partial charge on any atom is -0.449 e. The standard InChI is InChI=1S/C19H12F3N5O7S/c20-19(21,22)12-7-13-11(6-14(12)26-8-15(23-9-26)34-18(30)31)16(28)27(17(29)24-13)25-35(32,33)10-4-2-1-3-5-10/h1-9,25H,(H,24,29)(H,30,31). The van der Waals surface area contributed by atoms with Gasteiger partial charge in [-0.1, -0.05) is 18.2 Å². The molecule has 2 aromatic carbocycles. The molecule has 3 N–H and O–H groups in total. The van der Waals surface area contributed by atoms with Gasteiger partial charge in [-0.2, -0.15) is 26.3 Å². The van der Waals surface area contributed by atoms with Gasteiger partial charge in [0.1, 0.15) is 6.33 Å². The van der Waals surface area contributed by atoms with Crippen LogP contribution in [0.25, 0.3) is 16.6 Å². The van der Waals surface area contributed by atoms with Crippen LogP contribution in [0.2, 0.25) is 0 Å². The quantitative estimate of drug-likeness (QED) is 0.342. The van der Waals surface area contributed by atoms with Crippen LogP contribution in [0.1, 0.15) is 5.56 Å². The minimum absolute atomic E-state index is 0.106. The summed E-state index contributed by atoms with van der Waals surface area (Å²) in [6.07, 6.45) is -5.08. The Kier molecular flexibility index (Phi) is 5.60. The van der Waals surface area contributed by atoms with Gasteiger partial charge in [0.05, 0.1) is 33.2 Å². The Morgan fingerprint density at radius 3 is 2.46 bits per heavy atom. The highest BCUT2D eigenvalue weighted by Gasteiger charge is 2.35. The van der Waals surface area contributed by atoms with E-state index in [1.807, 2.05) is 4.98 Å². The van der Waals surface area contributed by atoms with E-state index >= 15 is 0 Å². The molecule has 0 saturated heterocycles. The van der Waals surface area contributed by atoms with Gasteiger partial charge in [-0.05, 0) is 24.3 Å². The first kappa shape index (κ1) is 23.6. The van der Waals surface area contributed by atoms with E-state index in [4.69, 9.17) is 5.11 Å². The molecule has 0 saturated carbocycles. The van der Waals surface area contributed by atoms with Crippen LogP contribution in [0.5, 0.6) is 5.88 Å². The van der Waals surface area contributed by atoms with Gasteiger partial charge in [0, 0.05) is 0 Å². The van der Waals surface area contributed by atoms with Crippen molar-refractivity contribution in [3.05, 3.63) is 81.4 Å². The summed E-state index contributed by atoms with van der Waals surface area (Å²) in [4.78, 5) is 43.1. The summed E-state index contributed by atoms with van der Waals surface area (Å²) in [7, 11) is -4.40. The number of sulfonamides is 1. The first-order valence-corrected chi connectivity index (χ1v) is 10.8. The number of halogens is 3. The predicted molar refractivity (Wildman–Crippen MR) is 113 cm³/mol. The number of rotatable bonds is 5. The van der Waals surface area contributed by atoms with Crippen LogP contribution in [0, 0.1) is 0 Å². The first-order chi connectivity index (χ1) is 16.4. The molecule has 0 spiro atoms. The van der Waals surface area contributed by atoms with Crippen LogP contribution in [0.4, 0.5) is 18.0 Å². The molecule has 0 aliphatic heterocycles. The van der Waals surface area contributed by atoms with Crippen molar-refractivity contribution < 1.29 is 36.2 Å². The fourth-order valence-corrected chi connectivity index (χ4v) is 4.15. The number of hydrogen-bond acceptors (Lipinski definition) is 7. The molecule has 2 heterocycles. The summed E-state index contributed by atoms with van der Waals surface area (Å²) in [6, 6.07) is 7.98. The number of ether oxygens (including phenoxy) is 1. The fraction of sp³-hybridized carbons (Fsp3) is 0.0526. The Bertz CT molecular complexity index is 1680. The van der Waals surface area contributed by atoms with E-state index in [0.29, 0.717) is 6.07 Å². The Morgan fingerprint density at radius 2 is 1.83 bits per heavy atom. The second-order valence-corrected chi connectivity index (χ2v) is 8.54. The van der Waals surface area contributed by atoms with E-state index in [9.17, 15) is 36.0 Å². The molecule has 35 heavy (non-hydrogen) atoms. The number of nitrogens with one attached hydrogen (secondary N) is 2. The average Bonchev–Trinajstić information content (AvgIpc) is 3.23. The van der Waals surface area contributed by atoms with E-state index in [0.717, 1.165) is 23.2 Å². The minimum atomic E-state index is -4.97. The van der Waals surface area contributed by atoms with Crippen molar-refractivity contribution >= 4 is 27.1 Å². The molecule has 2 aromatic heterocycles. The summed E-state index contributed by atoms with van der Waals surface area (Å²) < 4.78 is 71.5. The number of H-pyrrole nitrogens is 1. The number of benzene rings is 2. The molecule has 0 aliphatic rings. The molecule has 182 valence electrons. The van der Waals surface area contributed by atoms with Gasteiger partial charge in [-0.3, -0.25) is 4.79 Å². The van der Waals surface area contributed by atoms with Crippen LogP contribution in [-0.4, -0.2) is 38.9 Å². The van der Waals surface area contributed by atoms with Crippen LogP contribution in [-0.2, 0) is 16.2 Å². The van der Waals surface area contributed by atoms with Gasteiger partial charge in [0.25, 0.3) is 15.6 Å². The van der Waals surface area contributed by atoms with Gasteiger partial charge in [-0.25, -0.2) is 19.4 Å². The number of carbonyl (C=O) groups is 1. The smallest absolute Gasteiger partial charge is 0.449 e. The number of aromatic nitrogens is 4. The van der Waals surface area contributed by atoms with Crippen LogP contribution in [0.15, 0.2) is 69.5 Å². The molecule has 4 aromatic rings. The van der Waals surface area contributed by atoms with E-state index in [-0.39, 0.29) is 9.57 Å². The summed E-state index contributed by atoms with van der Waals surface area (Å²) in [6.45, 7) is 0. The molecule has 0 fully saturated rings. The lowest BCUT2D eigenvalue weighted by molar-refractivity contribution is -0.137. The average molecular weight is 511 g/mol. The number of alkyl halides is 3. The van der Waals surface area contributed by atoms with E-state index in [1.165, 1.54) is 30.3 Å². The topological polar surface area (TPSA) is 165 Å². The summed E-state index contributed by atoms with van der Waals surface area (Å²) in [5.41, 5.74) is -5.09. The van der Waals surface area contributed by atoms with Crippen LogP contribution in [0.3, 0.4) is 0 Å². The van der Waals surface area contributed by atoms with Crippen molar-refractivity contribution in [3.8, 4) is 11.6 Å². The highest BCUT2D eigenvalue weighted by molar-refractivity contribution is 7.92. The Hall–Kier alpha value is -4.60. The van der Waals surface area contributed by atoms with Crippen molar-refractivity contribution in [3.63, 3.8) is 0 Å². The third kappa shape index (κ3) is 4.58. The highest BCUT2D eigenvalue weighted by Crippen LogP contribution is 2.35. The zero-order valence-electron chi connectivity index (χ0n) is 17.0. The number of fused-ring (bicyclic) bond motifs is 1. The summed E-state index contributed by atoms with van der Waals surface area (Å²) >= 11 is 0. The number of imidazole rings is 1. The molecule has 12 nitrogen and oxygen atoms in total. The molecule has 0 radical (unpaired) electrons. The summed E-state index contributed by atoms with van der Waals surface area (Å²) in [5.74, 6) is -0.541. The Labute approximate surface area is 191 Å². The van der Waals surface area contributed by atoms with Gasteiger partial charge >= 0.3 is 18.0 Å². The van der Waals surface area contributed by atoms with Gasteiger partial charge in [0.15, 0.2) is 0 Å². The van der Waals surface area contributed by atoms with Crippen LogP contribution >= 0.6 is 0 Å². The van der Waals surface area contributed by atoms with Gasteiger partial charge in [0.2, 0.25) is 5.88 Å². The van der Waals surface area contributed by atoms with E-state index in [2.05, 4.69) is 9.72 Å². The van der Waals surface area contributed by atoms with Crippen LogP contribution < -0.4 is 20.8 Å². The number of nitrogens with zero attached hydrogens (tertiary/aromatic N) is 3. The lowest BCUT2D eigenvalue weighted by atomic mass is 10.1. The number of aromatic amines is 1. The SMILES string of the molecule is O=C(O)Oc1cn(-c2cc3c(=O)n(NS(=O)(=O)c4ccccc4)c(=O)[nH]c3cc2C(F)(F)F)cn1.